The first-order chi connectivity index (χ1) is 11.7. The normalized spacial score (nSPS) is 11.4. The van der Waals surface area contributed by atoms with Crippen molar-refractivity contribution in [3.05, 3.63) is 67.7 Å². The smallest absolute Gasteiger partial charge is 0.379 e. The molecule has 0 fully saturated rings. The van der Waals surface area contributed by atoms with E-state index in [2.05, 4.69) is 5.32 Å². The Hall–Kier alpha value is -1.99. The monoisotopic (exact) mass is 392 g/mol. The predicted octanol–water partition coefficient (Wildman–Crippen LogP) is 5.86. The van der Waals surface area contributed by atoms with Gasteiger partial charge in [-0.2, -0.15) is 13.2 Å². The van der Waals surface area contributed by atoms with Gasteiger partial charge in [-0.05, 0) is 35.7 Å². The summed E-state index contributed by atoms with van der Waals surface area (Å²) in [4.78, 5) is 10.6. The quantitative estimate of drug-likeness (QED) is 0.494. The van der Waals surface area contributed by atoms with Crippen LogP contribution < -0.4 is 5.32 Å². The molecular formula is C16H13Cl2F3N2O2. The summed E-state index contributed by atoms with van der Waals surface area (Å²) in [7, 11) is 0. The van der Waals surface area contributed by atoms with Crippen LogP contribution in [0.15, 0.2) is 36.4 Å². The number of anilines is 1. The summed E-state index contributed by atoms with van der Waals surface area (Å²) in [6, 6.07) is 9.26. The maximum absolute atomic E-state index is 12.2. The van der Waals surface area contributed by atoms with E-state index in [9.17, 15) is 23.3 Å². The Morgan fingerprint density at radius 2 is 1.84 bits per heavy atom. The van der Waals surface area contributed by atoms with E-state index in [-0.39, 0.29) is 11.4 Å². The van der Waals surface area contributed by atoms with Gasteiger partial charge < -0.3 is 5.32 Å². The molecule has 0 saturated carbocycles. The fourth-order valence-corrected chi connectivity index (χ4v) is 2.69. The number of benzene rings is 2. The van der Waals surface area contributed by atoms with Crippen molar-refractivity contribution >= 4 is 34.6 Å². The van der Waals surface area contributed by atoms with Crippen LogP contribution in [-0.4, -0.2) is 17.6 Å². The van der Waals surface area contributed by atoms with Gasteiger partial charge in [0, 0.05) is 22.7 Å². The van der Waals surface area contributed by atoms with E-state index in [0.717, 1.165) is 5.56 Å². The molecule has 0 atom stereocenters. The third kappa shape index (κ3) is 5.79. The van der Waals surface area contributed by atoms with Crippen LogP contribution in [0.2, 0.25) is 10.0 Å². The molecule has 4 nitrogen and oxygen atoms in total. The number of nitrogens with one attached hydrogen (secondary N) is 1. The van der Waals surface area contributed by atoms with Crippen molar-refractivity contribution in [2.24, 2.45) is 0 Å². The Morgan fingerprint density at radius 3 is 2.44 bits per heavy atom. The SMILES string of the molecule is O=[N+]([O-])c1cc(Cc2ccc(Cl)cc2Cl)ccc1NCCC(F)(F)F. The fraction of sp³-hybridized carbons (Fsp3) is 0.250. The summed E-state index contributed by atoms with van der Waals surface area (Å²) in [5.74, 6) is 0. The number of nitro benzene ring substituents is 1. The number of halogens is 5. The van der Waals surface area contributed by atoms with E-state index in [4.69, 9.17) is 23.2 Å². The van der Waals surface area contributed by atoms with E-state index in [1.807, 2.05) is 0 Å². The second-order valence-corrected chi connectivity index (χ2v) is 6.16. The fourth-order valence-electron chi connectivity index (χ4n) is 2.21. The molecule has 0 spiro atoms. The average Bonchev–Trinajstić information content (AvgIpc) is 2.50. The lowest BCUT2D eigenvalue weighted by molar-refractivity contribution is -0.384. The summed E-state index contributed by atoms with van der Waals surface area (Å²) in [6.45, 7) is -0.438. The molecule has 2 rings (SSSR count). The minimum Gasteiger partial charge on any atom is -0.379 e. The second-order valence-electron chi connectivity index (χ2n) is 5.31. The summed E-state index contributed by atoms with van der Waals surface area (Å²) in [5, 5.41) is 14.6. The molecule has 1 N–H and O–H groups in total. The molecule has 134 valence electrons. The van der Waals surface area contributed by atoms with Gasteiger partial charge in [-0.3, -0.25) is 10.1 Å². The first-order valence-electron chi connectivity index (χ1n) is 7.17. The highest BCUT2D eigenvalue weighted by Crippen LogP contribution is 2.29. The van der Waals surface area contributed by atoms with Gasteiger partial charge in [0.05, 0.1) is 11.3 Å². The lowest BCUT2D eigenvalue weighted by Gasteiger charge is -2.11. The Balaban J connectivity index is 2.18. The van der Waals surface area contributed by atoms with E-state index >= 15 is 0 Å². The first-order valence-corrected chi connectivity index (χ1v) is 7.93. The van der Waals surface area contributed by atoms with Gasteiger partial charge in [-0.1, -0.05) is 35.3 Å². The number of hydrogen-bond acceptors (Lipinski definition) is 3. The maximum Gasteiger partial charge on any atom is 0.390 e. The third-order valence-corrected chi connectivity index (χ3v) is 3.98. The molecule has 2 aromatic rings. The standard InChI is InChI=1S/C16H13Cl2F3N2O2/c17-12-3-2-11(13(18)9-12)7-10-1-4-14(15(8-10)23(24)25)22-6-5-16(19,20)21/h1-4,8-9,22H,5-7H2. The molecule has 0 unspecified atom stereocenters. The van der Waals surface area contributed by atoms with Crippen molar-refractivity contribution in [1.29, 1.82) is 0 Å². The van der Waals surface area contributed by atoms with E-state index < -0.39 is 24.1 Å². The summed E-state index contributed by atoms with van der Waals surface area (Å²) < 4.78 is 36.6. The number of nitro groups is 1. The lowest BCUT2D eigenvalue weighted by Crippen LogP contribution is -2.15. The van der Waals surface area contributed by atoms with Crippen LogP contribution in [-0.2, 0) is 6.42 Å². The molecule has 9 heteroatoms. The van der Waals surface area contributed by atoms with Crippen LogP contribution >= 0.6 is 23.2 Å². The van der Waals surface area contributed by atoms with Crippen LogP contribution in [0.5, 0.6) is 0 Å². The van der Waals surface area contributed by atoms with Crippen LogP contribution in [0, 0.1) is 10.1 Å². The molecule has 0 aliphatic rings. The first kappa shape index (κ1) is 19.3. The highest BCUT2D eigenvalue weighted by atomic mass is 35.5. The summed E-state index contributed by atoms with van der Waals surface area (Å²) in [6.07, 6.45) is -5.07. The highest BCUT2D eigenvalue weighted by molar-refractivity contribution is 6.35. The van der Waals surface area contributed by atoms with Crippen LogP contribution in [0.4, 0.5) is 24.5 Å². The maximum atomic E-state index is 12.2. The molecule has 25 heavy (non-hydrogen) atoms. The molecule has 0 amide bonds. The zero-order valence-electron chi connectivity index (χ0n) is 12.7. The molecule has 0 heterocycles. The van der Waals surface area contributed by atoms with Crippen molar-refractivity contribution in [1.82, 2.24) is 0 Å². The van der Waals surface area contributed by atoms with Gasteiger partial charge in [-0.15, -0.1) is 0 Å². The zero-order valence-corrected chi connectivity index (χ0v) is 14.3. The Morgan fingerprint density at radius 1 is 1.12 bits per heavy atom. The second kappa shape index (κ2) is 7.93. The molecule has 0 aliphatic heterocycles. The van der Waals surface area contributed by atoms with E-state index in [0.29, 0.717) is 22.0 Å². The summed E-state index contributed by atoms with van der Waals surface area (Å²) >= 11 is 11.9. The number of alkyl halides is 3. The highest BCUT2D eigenvalue weighted by Gasteiger charge is 2.26. The zero-order chi connectivity index (χ0) is 18.6. The molecular weight excluding hydrogens is 380 g/mol. The van der Waals surface area contributed by atoms with Crippen molar-refractivity contribution < 1.29 is 18.1 Å². The van der Waals surface area contributed by atoms with Gasteiger partial charge in [-0.25, -0.2) is 0 Å². The van der Waals surface area contributed by atoms with Crippen molar-refractivity contribution in [3.63, 3.8) is 0 Å². The molecule has 2 aromatic carbocycles. The number of hydrogen-bond donors (Lipinski definition) is 1. The Bertz CT molecular complexity index is 782. The van der Waals surface area contributed by atoms with Crippen molar-refractivity contribution in [2.75, 3.05) is 11.9 Å². The molecule has 0 saturated heterocycles. The van der Waals surface area contributed by atoms with Crippen LogP contribution in [0.3, 0.4) is 0 Å². The van der Waals surface area contributed by atoms with Gasteiger partial charge in [0.2, 0.25) is 0 Å². The molecule has 0 aliphatic carbocycles. The Labute approximate surface area is 151 Å². The van der Waals surface area contributed by atoms with Crippen LogP contribution in [0.1, 0.15) is 17.5 Å². The van der Waals surface area contributed by atoms with E-state index in [1.165, 1.54) is 12.1 Å². The molecule has 0 bridgehead atoms. The van der Waals surface area contributed by atoms with Crippen molar-refractivity contribution in [3.8, 4) is 0 Å². The third-order valence-electron chi connectivity index (χ3n) is 3.39. The predicted molar refractivity (Wildman–Crippen MR) is 91.5 cm³/mol. The molecule has 0 aromatic heterocycles. The van der Waals surface area contributed by atoms with Gasteiger partial charge in [0.15, 0.2) is 0 Å². The van der Waals surface area contributed by atoms with E-state index in [1.54, 1.807) is 24.3 Å². The summed E-state index contributed by atoms with van der Waals surface area (Å²) in [5.41, 5.74) is 1.10. The number of rotatable bonds is 6. The van der Waals surface area contributed by atoms with Gasteiger partial charge >= 0.3 is 6.18 Å². The van der Waals surface area contributed by atoms with Gasteiger partial charge in [0.25, 0.3) is 5.69 Å². The minimum absolute atomic E-state index is 0.0419. The largest absolute Gasteiger partial charge is 0.390 e. The van der Waals surface area contributed by atoms with Crippen LogP contribution in [0.25, 0.3) is 0 Å². The minimum atomic E-state index is -4.33. The Kier molecular flexibility index (Phi) is 6.13. The number of nitrogens with zero attached hydrogens (tertiary/aromatic N) is 1. The van der Waals surface area contributed by atoms with Gasteiger partial charge in [0.1, 0.15) is 5.69 Å². The van der Waals surface area contributed by atoms with Crippen molar-refractivity contribution in [2.45, 2.75) is 19.0 Å². The topological polar surface area (TPSA) is 55.2 Å². The molecule has 0 radical (unpaired) electrons. The lowest BCUT2D eigenvalue weighted by atomic mass is 10.0. The average molecular weight is 393 g/mol.